The minimum Gasteiger partial charge on any atom is -0.411 e. The molecule has 1 aliphatic heterocycles. The molecular formula is C26H24BrFN4O2. The van der Waals surface area contributed by atoms with Gasteiger partial charge in [-0.05, 0) is 61.6 Å². The van der Waals surface area contributed by atoms with Crippen LogP contribution in [-0.2, 0) is 12.8 Å². The van der Waals surface area contributed by atoms with Gasteiger partial charge in [-0.25, -0.2) is 14.4 Å². The van der Waals surface area contributed by atoms with E-state index in [1.165, 1.54) is 11.6 Å². The van der Waals surface area contributed by atoms with Crippen LogP contribution >= 0.6 is 15.9 Å². The number of carbonyl (C=O) groups is 1. The second-order valence-corrected chi connectivity index (χ2v) is 9.76. The van der Waals surface area contributed by atoms with Gasteiger partial charge >= 0.3 is 0 Å². The Labute approximate surface area is 205 Å². The largest absolute Gasteiger partial charge is 0.411 e. The van der Waals surface area contributed by atoms with Crippen LogP contribution in [0.2, 0.25) is 0 Å². The summed E-state index contributed by atoms with van der Waals surface area (Å²) in [6, 6.07) is 14.3. The number of halogens is 2. The van der Waals surface area contributed by atoms with E-state index in [0.29, 0.717) is 28.2 Å². The maximum Gasteiger partial charge on any atom is 0.273 e. The molecule has 3 aromatic rings. The van der Waals surface area contributed by atoms with E-state index in [0.717, 1.165) is 24.8 Å². The molecule has 1 amide bonds. The molecule has 174 valence electrons. The number of hydrogen-bond donors (Lipinski definition) is 1. The minimum atomic E-state index is -0.504. The fourth-order valence-electron chi connectivity index (χ4n) is 4.52. The summed E-state index contributed by atoms with van der Waals surface area (Å²) in [4.78, 5) is 24.7. The Morgan fingerprint density at radius 3 is 2.74 bits per heavy atom. The van der Waals surface area contributed by atoms with Crippen LogP contribution in [0.25, 0.3) is 0 Å². The Hall–Kier alpha value is -3.13. The van der Waals surface area contributed by atoms with E-state index in [4.69, 9.17) is 0 Å². The number of benzene rings is 2. The van der Waals surface area contributed by atoms with Gasteiger partial charge in [0.2, 0.25) is 0 Å². The predicted molar refractivity (Wildman–Crippen MR) is 130 cm³/mol. The van der Waals surface area contributed by atoms with E-state index in [1.54, 1.807) is 18.2 Å². The van der Waals surface area contributed by atoms with Gasteiger partial charge < -0.3 is 10.1 Å². The monoisotopic (exact) mass is 522 g/mol. The molecule has 0 bridgehead atoms. The lowest BCUT2D eigenvalue weighted by Gasteiger charge is -2.35. The fourth-order valence-corrected chi connectivity index (χ4v) is 4.85. The molecule has 1 N–H and O–H groups in total. The van der Waals surface area contributed by atoms with Crippen molar-refractivity contribution in [3.8, 4) is 0 Å². The Morgan fingerprint density at radius 2 is 2.00 bits per heavy atom. The standard InChI is InChI=1S/C26H24BrFN4O2/c1-15-20-5-3-2-4-16(20)10-11-32(15)26(33)24-14-19(29-25(30-24)17-6-7-17)13-23(31-34)21-9-8-18(27)12-22(21)28/h2-5,8-9,12,14-15,17,34H,6-7,10-11,13H2,1H3/t15-/m1/s1. The van der Waals surface area contributed by atoms with Crippen molar-refractivity contribution in [2.45, 2.75) is 44.6 Å². The molecule has 2 heterocycles. The van der Waals surface area contributed by atoms with Gasteiger partial charge in [0, 0.05) is 28.9 Å². The molecule has 34 heavy (non-hydrogen) atoms. The first-order valence-corrected chi connectivity index (χ1v) is 12.2. The lowest BCUT2D eigenvalue weighted by atomic mass is 9.93. The van der Waals surface area contributed by atoms with Crippen LogP contribution in [0.15, 0.2) is 58.2 Å². The van der Waals surface area contributed by atoms with Crippen molar-refractivity contribution < 1.29 is 14.4 Å². The predicted octanol–water partition coefficient (Wildman–Crippen LogP) is 5.44. The highest BCUT2D eigenvalue weighted by molar-refractivity contribution is 9.10. The zero-order valence-electron chi connectivity index (χ0n) is 18.7. The van der Waals surface area contributed by atoms with Gasteiger partial charge in [0.1, 0.15) is 17.3 Å². The lowest BCUT2D eigenvalue weighted by molar-refractivity contribution is 0.0671. The van der Waals surface area contributed by atoms with E-state index in [9.17, 15) is 14.4 Å². The molecule has 6 nitrogen and oxygen atoms in total. The van der Waals surface area contributed by atoms with Crippen molar-refractivity contribution in [2.75, 3.05) is 6.54 Å². The first-order valence-electron chi connectivity index (χ1n) is 11.4. The minimum absolute atomic E-state index is 0.0633. The number of fused-ring (bicyclic) bond motifs is 1. The van der Waals surface area contributed by atoms with E-state index in [1.807, 2.05) is 24.0 Å². The summed E-state index contributed by atoms with van der Waals surface area (Å²) in [6.45, 7) is 2.65. The average Bonchev–Trinajstić information content (AvgIpc) is 3.68. The molecule has 0 saturated heterocycles. The van der Waals surface area contributed by atoms with Crippen LogP contribution < -0.4 is 0 Å². The first-order chi connectivity index (χ1) is 16.4. The molecule has 1 fully saturated rings. The first kappa shape index (κ1) is 22.7. The Balaban J connectivity index is 1.46. The summed E-state index contributed by atoms with van der Waals surface area (Å²) in [5.41, 5.74) is 3.60. The van der Waals surface area contributed by atoms with E-state index in [-0.39, 0.29) is 35.6 Å². The van der Waals surface area contributed by atoms with E-state index in [2.05, 4.69) is 43.2 Å². The normalized spacial score (nSPS) is 18.0. The van der Waals surface area contributed by atoms with Crippen LogP contribution in [0.4, 0.5) is 4.39 Å². The van der Waals surface area contributed by atoms with Crippen molar-refractivity contribution >= 4 is 27.5 Å². The smallest absolute Gasteiger partial charge is 0.273 e. The van der Waals surface area contributed by atoms with Crippen LogP contribution in [0.3, 0.4) is 0 Å². The molecule has 2 aliphatic rings. The van der Waals surface area contributed by atoms with Crippen molar-refractivity contribution in [2.24, 2.45) is 5.16 Å². The van der Waals surface area contributed by atoms with Gasteiger partial charge in [-0.15, -0.1) is 0 Å². The molecule has 0 spiro atoms. The van der Waals surface area contributed by atoms with E-state index < -0.39 is 5.82 Å². The van der Waals surface area contributed by atoms with Crippen molar-refractivity contribution in [3.63, 3.8) is 0 Å². The molecule has 0 unspecified atom stereocenters. The number of oxime groups is 1. The summed E-state index contributed by atoms with van der Waals surface area (Å²) >= 11 is 3.24. The number of amides is 1. The van der Waals surface area contributed by atoms with Crippen molar-refractivity contribution in [1.82, 2.24) is 14.9 Å². The van der Waals surface area contributed by atoms with Gasteiger partial charge in [0.25, 0.3) is 5.91 Å². The molecule has 1 aromatic heterocycles. The summed E-state index contributed by atoms with van der Waals surface area (Å²) < 4.78 is 15.1. The van der Waals surface area contributed by atoms with Crippen molar-refractivity contribution in [3.05, 3.63) is 92.7 Å². The lowest BCUT2D eigenvalue weighted by Crippen LogP contribution is -2.39. The number of rotatable bonds is 5. The molecule has 1 aliphatic carbocycles. The molecule has 0 radical (unpaired) electrons. The van der Waals surface area contributed by atoms with Crippen LogP contribution in [0, 0.1) is 5.82 Å². The molecule has 5 rings (SSSR count). The topological polar surface area (TPSA) is 78.7 Å². The molecular weight excluding hydrogens is 499 g/mol. The molecule has 1 saturated carbocycles. The van der Waals surface area contributed by atoms with Gasteiger partial charge in [-0.3, -0.25) is 4.79 Å². The van der Waals surface area contributed by atoms with Gasteiger partial charge in [-0.2, -0.15) is 0 Å². The third-order valence-electron chi connectivity index (χ3n) is 6.53. The van der Waals surface area contributed by atoms with E-state index >= 15 is 0 Å². The van der Waals surface area contributed by atoms with Crippen LogP contribution in [0.1, 0.15) is 70.4 Å². The Morgan fingerprint density at radius 1 is 1.21 bits per heavy atom. The fraction of sp³-hybridized carbons (Fsp3) is 0.308. The van der Waals surface area contributed by atoms with Crippen molar-refractivity contribution in [1.29, 1.82) is 0 Å². The highest BCUT2D eigenvalue weighted by Gasteiger charge is 2.32. The molecule has 8 heteroatoms. The maximum absolute atomic E-state index is 14.5. The summed E-state index contributed by atoms with van der Waals surface area (Å²) in [7, 11) is 0. The second kappa shape index (κ2) is 9.25. The third kappa shape index (κ3) is 4.46. The number of carbonyl (C=O) groups excluding carboxylic acids is 1. The molecule has 2 aromatic carbocycles. The number of nitrogens with zero attached hydrogens (tertiary/aromatic N) is 4. The number of hydrogen-bond acceptors (Lipinski definition) is 5. The maximum atomic E-state index is 14.5. The van der Waals surface area contributed by atoms with Gasteiger partial charge in [0.15, 0.2) is 0 Å². The summed E-state index contributed by atoms with van der Waals surface area (Å²) in [5, 5.41) is 13.0. The summed E-state index contributed by atoms with van der Waals surface area (Å²) in [6.07, 6.45) is 2.83. The number of aromatic nitrogens is 2. The zero-order valence-corrected chi connectivity index (χ0v) is 20.3. The van der Waals surface area contributed by atoms with Gasteiger partial charge in [0.05, 0.1) is 17.4 Å². The summed E-state index contributed by atoms with van der Waals surface area (Å²) in [5.74, 6) is 0.199. The molecule has 1 atom stereocenters. The Bertz CT molecular complexity index is 1290. The highest BCUT2D eigenvalue weighted by Crippen LogP contribution is 2.38. The zero-order chi connectivity index (χ0) is 23.8. The Kier molecular flexibility index (Phi) is 6.16. The van der Waals surface area contributed by atoms with Gasteiger partial charge in [-0.1, -0.05) is 45.4 Å². The third-order valence-corrected chi connectivity index (χ3v) is 7.02. The quantitative estimate of drug-likeness (QED) is 0.275. The van der Waals surface area contributed by atoms with Crippen LogP contribution in [0.5, 0.6) is 0 Å². The van der Waals surface area contributed by atoms with Crippen LogP contribution in [-0.4, -0.2) is 38.2 Å². The highest BCUT2D eigenvalue weighted by atomic mass is 79.9. The SMILES string of the molecule is C[C@@H]1c2ccccc2CCN1C(=O)c1cc(CC(=NO)c2ccc(Br)cc2F)nc(C2CC2)n1. The second-order valence-electron chi connectivity index (χ2n) is 8.85. The average molecular weight is 523 g/mol.